The third-order valence-electron chi connectivity index (χ3n) is 18.4. The topological polar surface area (TPSA) is 110 Å². The van der Waals surface area contributed by atoms with Gasteiger partial charge in [0.05, 0.1) is 18.8 Å². The lowest BCUT2D eigenvalue weighted by Crippen LogP contribution is -2.53. The summed E-state index contributed by atoms with van der Waals surface area (Å²) >= 11 is 0. The van der Waals surface area contributed by atoms with Crippen molar-refractivity contribution in [2.24, 2.45) is 0 Å². The van der Waals surface area contributed by atoms with Gasteiger partial charge in [-0.1, -0.05) is 391 Å². The average molecular weight is 1170 g/mol. The fraction of sp³-hybridized carbons (Fsp3) is 0.935. The van der Waals surface area contributed by atoms with Gasteiger partial charge in [0.1, 0.15) is 12.2 Å². The molecule has 6 nitrogen and oxygen atoms in total. The molecule has 0 saturated heterocycles. The number of allylic oxidation sites excluding steroid dienone is 4. The zero-order valence-electron chi connectivity index (χ0n) is 56.5. The summed E-state index contributed by atoms with van der Waals surface area (Å²) in [5.41, 5.74) is 0. The van der Waals surface area contributed by atoms with Gasteiger partial charge in [0.15, 0.2) is 0 Å². The van der Waals surface area contributed by atoms with Crippen molar-refractivity contribution >= 4 is 5.91 Å². The smallest absolute Gasteiger partial charge is 0.249 e. The van der Waals surface area contributed by atoms with Gasteiger partial charge in [0.2, 0.25) is 5.91 Å². The van der Waals surface area contributed by atoms with Crippen LogP contribution in [0.1, 0.15) is 431 Å². The van der Waals surface area contributed by atoms with Crippen LogP contribution in [0.3, 0.4) is 0 Å². The summed E-state index contributed by atoms with van der Waals surface area (Å²) in [6.07, 6.45) is 92.0. The van der Waals surface area contributed by atoms with Crippen LogP contribution in [0.2, 0.25) is 0 Å². The molecule has 6 heteroatoms. The largest absolute Gasteiger partial charge is 0.394 e. The second-order valence-electron chi connectivity index (χ2n) is 26.7. The fourth-order valence-electron chi connectivity index (χ4n) is 12.5. The van der Waals surface area contributed by atoms with Crippen LogP contribution >= 0.6 is 0 Å². The van der Waals surface area contributed by atoms with Gasteiger partial charge in [0.25, 0.3) is 0 Å². The molecular formula is C77H151NO5. The van der Waals surface area contributed by atoms with Gasteiger partial charge in [-0.25, -0.2) is 0 Å². The van der Waals surface area contributed by atoms with Gasteiger partial charge in [-0.05, 0) is 64.2 Å². The van der Waals surface area contributed by atoms with Crippen molar-refractivity contribution in [3.05, 3.63) is 24.3 Å². The van der Waals surface area contributed by atoms with Crippen molar-refractivity contribution in [3.63, 3.8) is 0 Å². The van der Waals surface area contributed by atoms with Crippen molar-refractivity contribution in [1.29, 1.82) is 0 Å². The summed E-state index contributed by atoms with van der Waals surface area (Å²) in [5.74, 6) is -0.585. The van der Waals surface area contributed by atoms with Crippen molar-refractivity contribution in [2.45, 2.75) is 456 Å². The highest BCUT2D eigenvalue weighted by Gasteiger charge is 2.28. The summed E-state index contributed by atoms with van der Waals surface area (Å²) in [5, 5.41) is 44.3. The molecule has 0 saturated carbocycles. The lowest BCUT2D eigenvalue weighted by atomic mass is 10.00. The van der Waals surface area contributed by atoms with Gasteiger partial charge in [-0.2, -0.15) is 0 Å². The summed E-state index contributed by atoms with van der Waals surface area (Å²) in [4.78, 5) is 12.7. The van der Waals surface area contributed by atoms with Gasteiger partial charge in [-0.15, -0.1) is 0 Å². The maximum atomic E-state index is 12.7. The normalized spacial score (nSPS) is 13.5. The van der Waals surface area contributed by atoms with Gasteiger partial charge >= 0.3 is 0 Å². The minimum atomic E-state index is -1.28. The third-order valence-corrected chi connectivity index (χ3v) is 18.4. The van der Waals surface area contributed by atoms with Crippen molar-refractivity contribution in [1.82, 2.24) is 5.32 Å². The molecule has 0 radical (unpaired) electrons. The Labute approximate surface area is 520 Å². The molecule has 0 fully saturated rings. The lowest BCUT2D eigenvalue weighted by molar-refractivity contribution is -0.132. The number of hydrogen-bond acceptors (Lipinski definition) is 5. The molecule has 0 aromatic carbocycles. The number of aliphatic hydroxyl groups excluding tert-OH is 4. The van der Waals surface area contributed by atoms with E-state index in [9.17, 15) is 25.2 Å². The molecule has 0 aromatic rings. The molecule has 0 aliphatic heterocycles. The molecule has 83 heavy (non-hydrogen) atoms. The van der Waals surface area contributed by atoms with Crippen LogP contribution in [0.5, 0.6) is 0 Å². The number of aliphatic hydroxyl groups is 4. The maximum absolute atomic E-state index is 12.7. The molecule has 4 atom stereocenters. The highest BCUT2D eigenvalue weighted by molar-refractivity contribution is 5.80. The molecule has 0 rings (SSSR count). The minimum absolute atomic E-state index is 0.367. The van der Waals surface area contributed by atoms with Gasteiger partial charge in [-0.3, -0.25) is 4.79 Å². The van der Waals surface area contributed by atoms with Gasteiger partial charge in [0, 0.05) is 0 Å². The predicted octanol–water partition coefficient (Wildman–Crippen LogP) is 24.1. The van der Waals surface area contributed by atoms with E-state index in [-0.39, 0.29) is 0 Å². The summed E-state index contributed by atoms with van der Waals surface area (Å²) in [7, 11) is 0. The molecular weight excluding hydrogens is 1020 g/mol. The zero-order valence-corrected chi connectivity index (χ0v) is 56.5. The predicted molar refractivity (Wildman–Crippen MR) is 367 cm³/mol. The van der Waals surface area contributed by atoms with Crippen molar-refractivity contribution in [2.75, 3.05) is 6.61 Å². The maximum Gasteiger partial charge on any atom is 0.249 e. The van der Waals surface area contributed by atoms with E-state index in [0.717, 1.165) is 38.5 Å². The Kier molecular flexibility index (Phi) is 70.5. The van der Waals surface area contributed by atoms with E-state index in [4.69, 9.17) is 0 Å². The molecule has 4 unspecified atom stereocenters. The molecule has 0 heterocycles. The number of unbranched alkanes of at least 4 members (excludes halogenated alkanes) is 59. The van der Waals surface area contributed by atoms with Crippen LogP contribution in [-0.4, -0.2) is 57.3 Å². The van der Waals surface area contributed by atoms with E-state index >= 15 is 0 Å². The Morgan fingerprint density at radius 1 is 0.289 bits per heavy atom. The SMILES string of the molecule is CCCCCCCCCCCCCCCCCC/C=C\CCCCCCCCCCCCCCCCCCC(O)C(=O)NC(CO)C(O)C(O)CCC/C=C/CCCCCCCCCCCCCCCCCCCCCCCCCCCC. The van der Waals surface area contributed by atoms with Crippen LogP contribution < -0.4 is 5.32 Å². The molecule has 0 spiro atoms. The first-order valence-corrected chi connectivity index (χ1v) is 38.2. The quantitative estimate of drug-likeness (QED) is 0.0308. The lowest BCUT2D eigenvalue weighted by Gasteiger charge is -2.27. The number of hydrogen-bond donors (Lipinski definition) is 5. The molecule has 0 aliphatic carbocycles. The third kappa shape index (κ3) is 65.1. The monoisotopic (exact) mass is 1170 g/mol. The first kappa shape index (κ1) is 81.8. The van der Waals surface area contributed by atoms with Crippen molar-refractivity contribution < 1.29 is 25.2 Å². The van der Waals surface area contributed by atoms with E-state index in [1.807, 2.05) is 0 Å². The molecule has 5 N–H and O–H groups in total. The Morgan fingerprint density at radius 2 is 0.494 bits per heavy atom. The van der Waals surface area contributed by atoms with E-state index in [1.165, 1.54) is 366 Å². The zero-order chi connectivity index (χ0) is 60.1. The Bertz CT molecular complexity index is 1270. The van der Waals surface area contributed by atoms with Crippen LogP contribution in [-0.2, 0) is 4.79 Å². The summed E-state index contributed by atoms with van der Waals surface area (Å²) in [6, 6.07) is -1.00. The van der Waals surface area contributed by atoms with E-state index in [1.54, 1.807) is 0 Å². The van der Waals surface area contributed by atoms with E-state index in [0.29, 0.717) is 12.8 Å². The average Bonchev–Trinajstić information content (AvgIpc) is 3.54. The number of carbonyl (C=O) groups excluding carboxylic acids is 1. The van der Waals surface area contributed by atoms with Crippen LogP contribution in [0, 0.1) is 0 Å². The Hall–Kier alpha value is -1.21. The molecule has 494 valence electrons. The summed E-state index contributed by atoms with van der Waals surface area (Å²) < 4.78 is 0. The highest BCUT2D eigenvalue weighted by Crippen LogP contribution is 2.20. The molecule has 0 aromatic heterocycles. The van der Waals surface area contributed by atoms with Crippen molar-refractivity contribution in [3.8, 4) is 0 Å². The standard InChI is InChI=1S/C77H151NO5/c1-3-5-7-9-11-13-15-17-19-21-23-25-27-29-31-33-35-36-37-38-39-41-43-45-47-49-51-53-55-57-59-61-63-65-67-69-71-75(81)77(83)78-73(72-79)76(82)74(80)70-68-66-64-62-60-58-56-54-52-50-48-46-44-42-40-34-32-30-28-26-24-22-20-18-16-14-12-10-8-6-4-2/h36-37,62,64,73-76,79-82H,3-35,38-61,63,65-72H2,1-2H3,(H,78,83)/b37-36-,64-62+. The number of carbonyl (C=O) groups is 1. The second-order valence-corrected chi connectivity index (χ2v) is 26.7. The van der Waals surface area contributed by atoms with Crippen LogP contribution in [0.15, 0.2) is 24.3 Å². The number of amides is 1. The number of rotatable bonds is 72. The first-order valence-electron chi connectivity index (χ1n) is 38.2. The highest BCUT2D eigenvalue weighted by atomic mass is 16.3. The van der Waals surface area contributed by atoms with Crippen LogP contribution in [0.4, 0.5) is 0 Å². The van der Waals surface area contributed by atoms with E-state index in [2.05, 4.69) is 43.5 Å². The molecule has 0 bridgehead atoms. The minimum Gasteiger partial charge on any atom is -0.394 e. The van der Waals surface area contributed by atoms with Crippen LogP contribution in [0.25, 0.3) is 0 Å². The molecule has 1 amide bonds. The second kappa shape index (κ2) is 71.5. The summed E-state index contributed by atoms with van der Waals surface area (Å²) in [6.45, 7) is 4.11. The van der Waals surface area contributed by atoms with E-state index < -0.39 is 36.9 Å². The Balaban J connectivity index is 3.52. The Morgan fingerprint density at radius 3 is 0.723 bits per heavy atom. The fourth-order valence-corrected chi connectivity index (χ4v) is 12.5. The van der Waals surface area contributed by atoms with Gasteiger partial charge < -0.3 is 25.7 Å². The number of nitrogens with one attached hydrogen (secondary N) is 1. The first-order chi connectivity index (χ1) is 41.0. The molecule has 0 aliphatic rings.